The third-order valence-electron chi connectivity index (χ3n) is 5.09. The Morgan fingerprint density at radius 3 is 2.74 bits per heavy atom. The van der Waals surface area contributed by atoms with Gasteiger partial charge in [0.25, 0.3) is 5.91 Å². The van der Waals surface area contributed by atoms with Crippen LogP contribution >= 0.6 is 11.6 Å². The summed E-state index contributed by atoms with van der Waals surface area (Å²) in [5, 5.41) is 0.641. The van der Waals surface area contributed by atoms with Crippen LogP contribution in [0.5, 0.6) is 0 Å². The number of pyridine rings is 1. The Labute approximate surface area is 160 Å². The van der Waals surface area contributed by atoms with Gasteiger partial charge in [-0.1, -0.05) is 11.6 Å². The molecule has 0 aliphatic carbocycles. The topological polar surface area (TPSA) is 62.7 Å². The van der Waals surface area contributed by atoms with Crippen LogP contribution in [-0.4, -0.2) is 65.5 Å². The van der Waals surface area contributed by atoms with E-state index in [2.05, 4.69) is 4.98 Å². The highest BCUT2D eigenvalue weighted by Crippen LogP contribution is 2.27. The molecule has 1 aromatic heterocycles. The summed E-state index contributed by atoms with van der Waals surface area (Å²) in [6.45, 7) is 2.62. The Morgan fingerprint density at radius 1 is 1.19 bits per heavy atom. The van der Waals surface area contributed by atoms with Crippen molar-refractivity contribution in [1.82, 2.24) is 14.8 Å². The van der Waals surface area contributed by atoms with Crippen LogP contribution in [0.1, 0.15) is 23.2 Å². The number of hydrogen-bond acceptors (Lipinski definition) is 4. The highest BCUT2D eigenvalue weighted by Gasteiger charge is 2.38. The van der Waals surface area contributed by atoms with Crippen molar-refractivity contribution in [3.63, 3.8) is 0 Å². The van der Waals surface area contributed by atoms with Crippen LogP contribution in [-0.2, 0) is 9.53 Å². The number of fused-ring (bicyclic) bond motifs is 1. The molecule has 0 saturated carbocycles. The molecule has 142 valence electrons. The average molecular weight is 392 g/mol. The van der Waals surface area contributed by atoms with Gasteiger partial charge in [-0.2, -0.15) is 0 Å². The lowest BCUT2D eigenvalue weighted by atomic mass is 10.1. The first-order valence-electron chi connectivity index (χ1n) is 8.98. The van der Waals surface area contributed by atoms with E-state index in [1.165, 1.54) is 12.1 Å². The minimum absolute atomic E-state index is 0.0163. The normalized spacial score (nSPS) is 20.3. The standard InChI is InChI=1S/C19H19ClFN3O3/c20-17-14(10-12-3-4-13(21)11-15(12)22-17)18(25)24-5-1-2-16(24)19(26)23-6-8-27-9-7-23/h3-4,10-11,16H,1-2,5-9H2/t16-/m1/s1. The number of hydrogen-bond donors (Lipinski definition) is 0. The molecule has 0 spiro atoms. The van der Waals surface area contributed by atoms with Gasteiger partial charge in [-0.05, 0) is 31.0 Å². The molecule has 2 saturated heterocycles. The smallest absolute Gasteiger partial charge is 0.257 e. The lowest BCUT2D eigenvalue weighted by Gasteiger charge is -2.32. The van der Waals surface area contributed by atoms with Crippen molar-refractivity contribution in [1.29, 1.82) is 0 Å². The van der Waals surface area contributed by atoms with Gasteiger partial charge in [-0.25, -0.2) is 9.37 Å². The number of aromatic nitrogens is 1. The number of likely N-dealkylation sites (tertiary alicyclic amines) is 1. The first-order chi connectivity index (χ1) is 13.0. The van der Waals surface area contributed by atoms with E-state index in [0.29, 0.717) is 50.2 Å². The zero-order valence-corrected chi connectivity index (χ0v) is 15.4. The summed E-state index contributed by atoms with van der Waals surface area (Å²) in [5.74, 6) is -0.778. The molecule has 27 heavy (non-hydrogen) atoms. The molecule has 1 atom stereocenters. The summed E-state index contributed by atoms with van der Waals surface area (Å²) in [4.78, 5) is 33.5. The van der Waals surface area contributed by atoms with Gasteiger partial charge in [0, 0.05) is 31.1 Å². The summed E-state index contributed by atoms with van der Waals surface area (Å²) in [7, 11) is 0. The molecule has 3 heterocycles. The largest absolute Gasteiger partial charge is 0.378 e. The Hall–Kier alpha value is -2.25. The third kappa shape index (κ3) is 3.49. The molecule has 2 aliphatic rings. The second-order valence-electron chi connectivity index (χ2n) is 6.76. The molecule has 0 bridgehead atoms. The summed E-state index contributed by atoms with van der Waals surface area (Å²) in [6, 6.07) is 5.27. The first-order valence-corrected chi connectivity index (χ1v) is 9.36. The molecule has 2 fully saturated rings. The summed E-state index contributed by atoms with van der Waals surface area (Å²) >= 11 is 6.21. The number of carbonyl (C=O) groups excluding carboxylic acids is 2. The quantitative estimate of drug-likeness (QED) is 0.738. The second-order valence-corrected chi connectivity index (χ2v) is 7.12. The molecule has 6 nitrogen and oxygen atoms in total. The van der Waals surface area contributed by atoms with E-state index in [4.69, 9.17) is 16.3 Å². The fraction of sp³-hybridized carbons (Fsp3) is 0.421. The SMILES string of the molecule is O=C([C@H]1CCCN1C(=O)c1cc2ccc(F)cc2nc1Cl)N1CCOCC1. The maximum atomic E-state index is 13.4. The molecule has 8 heteroatoms. The fourth-order valence-electron chi connectivity index (χ4n) is 3.68. The van der Waals surface area contributed by atoms with Gasteiger partial charge in [0.05, 0.1) is 24.3 Å². The van der Waals surface area contributed by atoms with Crippen LogP contribution < -0.4 is 0 Å². The molecule has 2 aromatic rings. The van der Waals surface area contributed by atoms with Crippen molar-refractivity contribution in [2.45, 2.75) is 18.9 Å². The van der Waals surface area contributed by atoms with Gasteiger partial charge in [0.1, 0.15) is 17.0 Å². The number of nitrogens with zero attached hydrogens (tertiary/aromatic N) is 3. The van der Waals surface area contributed by atoms with E-state index in [1.807, 2.05) is 0 Å². The van der Waals surface area contributed by atoms with Crippen LogP contribution in [0.4, 0.5) is 4.39 Å². The van der Waals surface area contributed by atoms with Crippen LogP contribution in [0, 0.1) is 5.82 Å². The van der Waals surface area contributed by atoms with Crippen molar-refractivity contribution in [3.8, 4) is 0 Å². The number of morpholine rings is 1. The molecule has 4 rings (SSSR count). The fourth-order valence-corrected chi connectivity index (χ4v) is 3.91. The molecule has 2 amide bonds. The maximum absolute atomic E-state index is 13.4. The predicted molar refractivity (Wildman–Crippen MR) is 98.2 cm³/mol. The highest BCUT2D eigenvalue weighted by atomic mass is 35.5. The molecule has 1 aromatic carbocycles. The van der Waals surface area contributed by atoms with E-state index < -0.39 is 11.9 Å². The number of amides is 2. The molecule has 0 unspecified atom stereocenters. The minimum Gasteiger partial charge on any atom is -0.378 e. The van der Waals surface area contributed by atoms with Crippen molar-refractivity contribution >= 4 is 34.3 Å². The minimum atomic E-state index is -0.490. The highest BCUT2D eigenvalue weighted by molar-refractivity contribution is 6.33. The monoisotopic (exact) mass is 391 g/mol. The molecule has 2 aliphatic heterocycles. The number of halogens is 2. The number of carbonyl (C=O) groups is 2. The molecule has 0 radical (unpaired) electrons. The van der Waals surface area contributed by atoms with Gasteiger partial charge >= 0.3 is 0 Å². The number of rotatable bonds is 2. The van der Waals surface area contributed by atoms with Gasteiger partial charge in [0.2, 0.25) is 5.91 Å². The van der Waals surface area contributed by atoms with Gasteiger partial charge in [-0.3, -0.25) is 9.59 Å². The van der Waals surface area contributed by atoms with Crippen molar-refractivity contribution in [2.75, 3.05) is 32.8 Å². The zero-order chi connectivity index (χ0) is 19.0. The van der Waals surface area contributed by atoms with Crippen LogP contribution in [0.2, 0.25) is 5.15 Å². The van der Waals surface area contributed by atoms with Crippen LogP contribution in [0.25, 0.3) is 10.9 Å². The Kier molecular flexibility index (Phi) is 4.97. The Bertz CT molecular complexity index is 901. The van der Waals surface area contributed by atoms with Crippen molar-refractivity contribution in [3.05, 3.63) is 40.8 Å². The van der Waals surface area contributed by atoms with Crippen molar-refractivity contribution < 1.29 is 18.7 Å². The van der Waals surface area contributed by atoms with Crippen LogP contribution in [0.15, 0.2) is 24.3 Å². The lowest BCUT2D eigenvalue weighted by molar-refractivity contribution is -0.139. The molecular formula is C19H19ClFN3O3. The number of benzene rings is 1. The van der Waals surface area contributed by atoms with Crippen LogP contribution in [0.3, 0.4) is 0 Å². The predicted octanol–water partition coefficient (Wildman–Crippen LogP) is 2.49. The van der Waals surface area contributed by atoms with E-state index in [9.17, 15) is 14.0 Å². The third-order valence-corrected chi connectivity index (χ3v) is 5.37. The zero-order valence-electron chi connectivity index (χ0n) is 14.7. The summed E-state index contributed by atoms with van der Waals surface area (Å²) in [5.41, 5.74) is 0.622. The maximum Gasteiger partial charge on any atom is 0.257 e. The van der Waals surface area contributed by atoms with Gasteiger partial charge < -0.3 is 14.5 Å². The molecule has 0 N–H and O–H groups in total. The number of ether oxygens (including phenoxy) is 1. The lowest BCUT2D eigenvalue weighted by Crippen LogP contribution is -2.51. The van der Waals surface area contributed by atoms with E-state index in [0.717, 1.165) is 6.42 Å². The average Bonchev–Trinajstić information content (AvgIpc) is 3.16. The summed E-state index contributed by atoms with van der Waals surface area (Å²) in [6.07, 6.45) is 1.39. The first kappa shape index (κ1) is 18.1. The summed E-state index contributed by atoms with van der Waals surface area (Å²) < 4.78 is 18.7. The second kappa shape index (κ2) is 7.40. The Balaban J connectivity index is 1.61. The van der Waals surface area contributed by atoms with E-state index in [-0.39, 0.29) is 22.5 Å². The Morgan fingerprint density at radius 2 is 1.96 bits per heavy atom. The van der Waals surface area contributed by atoms with E-state index in [1.54, 1.807) is 21.9 Å². The van der Waals surface area contributed by atoms with Gasteiger partial charge in [0.15, 0.2) is 0 Å². The molecular weight excluding hydrogens is 373 g/mol. The van der Waals surface area contributed by atoms with Gasteiger partial charge in [-0.15, -0.1) is 0 Å². The van der Waals surface area contributed by atoms with E-state index >= 15 is 0 Å². The van der Waals surface area contributed by atoms with Crippen molar-refractivity contribution in [2.24, 2.45) is 0 Å².